The van der Waals surface area contributed by atoms with Gasteiger partial charge in [0.25, 0.3) is 0 Å². The third-order valence-electron chi connectivity index (χ3n) is 2.98. The first-order chi connectivity index (χ1) is 12.0. The first-order valence-electron chi connectivity index (χ1n) is 6.79. The molecular weight excluding hydrogens is 501 g/mol. The Balaban J connectivity index is 2.49. The third-order valence-corrected chi connectivity index (χ3v) is 10.4. The van der Waals surface area contributed by atoms with E-state index in [4.69, 9.17) is 0 Å². The van der Waals surface area contributed by atoms with Crippen molar-refractivity contribution in [3.8, 4) is 0 Å². The number of halogens is 7. The van der Waals surface area contributed by atoms with Gasteiger partial charge in [0.2, 0.25) is 0 Å². The molecule has 0 aliphatic carbocycles. The van der Waals surface area contributed by atoms with Gasteiger partial charge in [-0.25, -0.2) is 0 Å². The fourth-order valence-electron chi connectivity index (χ4n) is 1.67. The molecule has 0 aliphatic rings. The van der Waals surface area contributed by atoms with E-state index >= 15 is 0 Å². The zero-order valence-corrected chi connectivity index (χ0v) is 15.6. The first-order valence-corrected chi connectivity index (χ1v) is 11.2. The van der Waals surface area contributed by atoms with Crippen molar-refractivity contribution in [2.24, 2.45) is 0 Å². The van der Waals surface area contributed by atoms with Crippen LogP contribution in [-0.2, 0) is 12.6 Å². The average Bonchev–Trinajstić information content (AvgIpc) is 2.60. The average molecular weight is 512 g/mol. The molecule has 0 heterocycles. The van der Waals surface area contributed by atoms with Crippen LogP contribution in [0.15, 0.2) is 60.7 Å². The molecule has 0 aromatic heterocycles. The van der Waals surface area contributed by atoms with Crippen LogP contribution in [0.4, 0.5) is 26.3 Å². The number of hydrogen-bond acceptors (Lipinski definition) is 3. The predicted octanol–water partition coefficient (Wildman–Crippen LogP) is 4.99. The molecule has 0 N–H and O–H groups in total. The molecule has 2 aromatic rings. The van der Waals surface area contributed by atoms with Gasteiger partial charge in [0.05, 0.1) is 0 Å². The molecule has 0 saturated carbocycles. The van der Waals surface area contributed by atoms with Crippen LogP contribution < -0.4 is 0 Å². The second-order valence-electron chi connectivity index (χ2n) is 4.80. The number of hydrogen-bond donors (Lipinski definition) is 0. The predicted molar refractivity (Wildman–Crippen MR) is 90.2 cm³/mol. The summed E-state index contributed by atoms with van der Waals surface area (Å²) >= 11 is -3.64. The Morgan fingerprint density at radius 1 is 0.808 bits per heavy atom. The van der Waals surface area contributed by atoms with Crippen molar-refractivity contribution in [2.45, 2.75) is 17.6 Å². The molecule has 0 bridgehead atoms. The van der Waals surface area contributed by atoms with Crippen molar-refractivity contribution in [1.82, 2.24) is 0 Å². The molecule has 0 spiro atoms. The van der Waals surface area contributed by atoms with Crippen molar-refractivity contribution < 1.29 is 37.3 Å². The maximum atomic E-state index is 13.7. The first kappa shape index (κ1) is 21.0. The van der Waals surface area contributed by atoms with Gasteiger partial charge >= 0.3 is 153 Å². The van der Waals surface area contributed by atoms with Crippen molar-refractivity contribution >= 4 is 30.4 Å². The van der Waals surface area contributed by atoms with E-state index in [1.165, 1.54) is 48.5 Å². The number of benzene rings is 2. The fourth-order valence-corrected chi connectivity index (χ4v) is 8.69. The van der Waals surface area contributed by atoms with Gasteiger partial charge < -0.3 is 0 Å². The van der Waals surface area contributed by atoms with E-state index < -0.39 is 48.0 Å². The van der Waals surface area contributed by atoms with E-state index in [9.17, 15) is 34.8 Å². The van der Waals surface area contributed by atoms with Crippen LogP contribution in [0.5, 0.6) is 0 Å². The van der Waals surface area contributed by atoms with Crippen LogP contribution in [0.2, 0.25) is 0 Å². The summed E-state index contributed by atoms with van der Waals surface area (Å²) in [7, 11) is -6.35. The quantitative estimate of drug-likeness (QED) is 0.388. The maximum absolute atomic E-state index is 13.7. The number of rotatable bonds is 7. The van der Waals surface area contributed by atoms with Gasteiger partial charge in [-0.1, -0.05) is 0 Å². The van der Waals surface area contributed by atoms with Gasteiger partial charge in [-0.15, -0.1) is 0 Å². The summed E-state index contributed by atoms with van der Waals surface area (Å²) in [6, 6.07) is 14.6. The summed E-state index contributed by atoms with van der Waals surface area (Å²) in [4.78, 5) is 0. The SMILES string of the molecule is O=S(=O)(OI(c1ccccc1)c1ccccc1)C(F)(F)C(F)(F)C(F)F. The molecule has 0 radical (unpaired) electrons. The summed E-state index contributed by atoms with van der Waals surface area (Å²) in [5, 5.41) is -6.09. The van der Waals surface area contributed by atoms with E-state index in [1.54, 1.807) is 12.1 Å². The van der Waals surface area contributed by atoms with Crippen molar-refractivity contribution in [2.75, 3.05) is 0 Å². The molecule has 0 unspecified atom stereocenters. The topological polar surface area (TPSA) is 43.4 Å². The Morgan fingerprint density at radius 3 is 1.54 bits per heavy atom. The van der Waals surface area contributed by atoms with Gasteiger partial charge in [-0.3, -0.25) is 0 Å². The van der Waals surface area contributed by atoms with Crippen molar-refractivity contribution in [1.29, 1.82) is 0 Å². The van der Waals surface area contributed by atoms with Gasteiger partial charge in [0.15, 0.2) is 0 Å². The standard InChI is InChI=1S/C15H11F6IO3S/c16-13(17)14(18,19)15(20,21)26(23,24)25-22(11-7-3-1-4-8-11)12-9-5-2-6-10-12/h1-10,13H. The summed E-state index contributed by atoms with van der Waals surface area (Å²) in [6.45, 7) is 0. The Bertz CT molecular complexity index is 791. The summed E-state index contributed by atoms with van der Waals surface area (Å²) < 4.78 is 107. The summed E-state index contributed by atoms with van der Waals surface area (Å²) in [5.41, 5.74) is 0. The van der Waals surface area contributed by atoms with Crippen LogP contribution in [0, 0.1) is 7.14 Å². The molecule has 3 nitrogen and oxygen atoms in total. The molecule has 0 fully saturated rings. The van der Waals surface area contributed by atoms with Gasteiger partial charge in [0.1, 0.15) is 0 Å². The van der Waals surface area contributed by atoms with Gasteiger partial charge in [-0.2, -0.15) is 0 Å². The van der Waals surface area contributed by atoms with Crippen LogP contribution >= 0.6 is 20.2 Å². The second kappa shape index (κ2) is 7.72. The summed E-state index contributed by atoms with van der Waals surface area (Å²) in [6.07, 6.45) is -4.88. The Morgan fingerprint density at radius 2 is 1.19 bits per heavy atom. The van der Waals surface area contributed by atoms with Gasteiger partial charge in [0, 0.05) is 0 Å². The molecule has 0 saturated heterocycles. The Kier molecular flexibility index (Phi) is 6.23. The molecule has 0 amide bonds. The van der Waals surface area contributed by atoms with E-state index in [0.29, 0.717) is 0 Å². The molecule has 2 rings (SSSR count). The third kappa shape index (κ3) is 3.98. The Labute approximate surface area is 153 Å². The van der Waals surface area contributed by atoms with E-state index in [0.717, 1.165) is 0 Å². The second-order valence-corrected chi connectivity index (χ2v) is 11.3. The molecular formula is C15H11F6IO3S. The molecule has 0 atom stereocenters. The van der Waals surface area contributed by atoms with E-state index in [2.05, 4.69) is 2.51 Å². The molecule has 2 aromatic carbocycles. The summed E-state index contributed by atoms with van der Waals surface area (Å²) in [5.74, 6) is -6.10. The zero-order chi connectivity index (χ0) is 19.6. The van der Waals surface area contributed by atoms with Crippen LogP contribution in [0.3, 0.4) is 0 Å². The van der Waals surface area contributed by atoms with Crippen molar-refractivity contribution in [3.05, 3.63) is 67.8 Å². The van der Waals surface area contributed by atoms with Crippen LogP contribution in [0.1, 0.15) is 0 Å². The normalized spacial score (nSPS) is 13.7. The van der Waals surface area contributed by atoms with Crippen LogP contribution in [0.25, 0.3) is 0 Å². The van der Waals surface area contributed by atoms with Crippen molar-refractivity contribution in [3.63, 3.8) is 0 Å². The van der Waals surface area contributed by atoms with Crippen LogP contribution in [-0.4, -0.2) is 26.0 Å². The molecule has 0 aliphatic heterocycles. The fraction of sp³-hybridized carbons (Fsp3) is 0.200. The monoisotopic (exact) mass is 512 g/mol. The van der Waals surface area contributed by atoms with E-state index in [-0.39, 0.29) is 7.14 Å². The van der Waals surface area contributed by atoms with E-state index in [1.807, 2.05) is 0 Å². The minimum absolute atomic E-state index is 0.211. The Hall–Kier alpha value is -1.34. The molecule has 144 valence electrons. The molecule has 26 heavy (non-hydrogen) atoms. The number of alkyl halides is 6. The minimum atomic E-state index is -6.35. The zero-order valence-electron chi connectivity index (χ0n) is 12.6. The van der Waals surface area contributed by atoms with Gasteiger partial charge in [-0.05, 0) is 0 Å². The molecule has 11 heteroatoms.